The Hall–Kier alpha value is -2.60. The zero-order valence-corrected chi connectivity index (χ0v) is 18.6. The summed E-state index contributed by atoms with van der Waals surface area (Å²) in [7, 11) is 1.66. The van der Waals surface area contributed by atoms with Gasteiger partial charge in [-0.15, -0.1) is 0 Å². The van der Waals surface area contributed by atoms with E-state index in [1.165, 1.54) is 0 Å². The highest BCUT2D eigenvalue weighted by molar-refractivity contribution is 5.73. The lowest BCUT2D eigenvalue weighted by Gasteiger charge is -2.36. The molecule has 0 unspecified atom stereocenters. The van der Waals surface area contributed by atoms with Crippen LogP contribution in [0.4, 0.5) is 0 Å². The second-order valence-electron chi connectivity index (χ2n) is 8.76. The van der Waals surface area contributed by atoms with Crippen LogP contribution >= 0.6 is 0 Å². The van der Waals surface area contributed by atoms with Crippen molar-refractivity contribution >= 4 is 5.91 Å². The van der Waals surface area contributed by atoms with Gasteiger partial charge in [0.25, 0.3) is 0 Å². The van der Waals surface area contributed by atoms with Crippen LogP contribution in [0.3, 0.4) is 0 Å². The molecule has 2 fully saturated rings. The molecule has 2 atom stereocenters. The van der Waals surface area contributed by atoms with Crippen molar-refractivity contribution in [2.24, 2.45) is 17.8 Å². The van der Waals surface area contributed by atoms with Crippen LogP contribution in [0.15, 0.2) is 48.5 Å². The Kier molecular flexibility index (Phi) is 7.07. The van der Waals surface area contributed by atoms with Crippen LogP contribution in [-0.4, -0.2) is 60.6 Å². The van der Waals surface area contributed by atoms with Gasteiger partial charge in [0.05, 0.1) is 19.4 Å². The fraction of sp³-hybridized carbons (Fsp3) is 0.520. The molecule has 3 heterocycles. The minimum atomic E-state index is 0.194. The number of carbonyl (C=O) groups is 1. The Morgan fingerprint density at radius 1 is 1.06 bits per heavy atom. The van der Waals surface area contributed by atoms with E-state index in [1.54, 1.807) is 14.0 Å². The average molecular weight is 424 g/mol. The molecule has 1 aromatic carbocycles. The van der Waals surface area contributed by atoms with Crippen LogP contribution in [0.2, 0.25) is 0 Å². The maximum absolute atomic E-state index is 11.7. The molecule has 2 aliphatic rings. The molecule has 0 aliphatic carbocycles. The van der Waals surface area contributed by atoms with E-state index in [2.05, 4.69) is 16.0 Å². The minimum Gasteiger partial charge on any atom is -0.493 e. The molecule has 4 rings (SSSR count). The molecule has 31 heavy (non-hydrogen) atoms. The quantitative estimate of drug-likeness (QED) is 0.683. The van der Waals surface area contributed by atoms with E-state index in [0.29, 0.717) is 23.6 Å². The van der Waals surface area contributed by atoms with E-state index in [-0.39, 0.29) is 5.91 Å². The van der Waals surface area contributed by atoms with E-state index in [4.69, 9.17) is 9.47 Å². The Labute approximate surface area is 185 Å². The summed E-state index contributed by atoms with van der Waals surface area (Å²) >= 11 is 0. The van der Waals surface area contributed by atoms with Gasteiger partial charge in [-0.05, 0) is 42.9 Å². The smallest absolute Gasteiger partial charge is 0.219 e. The maximum Gasteiger partial charge on any atom is 0.219 e. The number of hydrogen-bond donors (Lipinski definition) is 0. The average Bonchev–Trinajstić information content (AvgIpc) is 3.21. The van der Waals surface area contributed by atoms with Crippen LogP contribution in [0, 0.1) is 17.8 Å². The van der Waals surface area contributed by atoms with Crippen LogP contribution < -0.4 is 9.47 Å². The number of amides is 1. The van der Waals surface area contributed by atoms with Gasteiger partial charge in [-0.2, -0.15) is 0 Å². The first-order valence-corrected chi connectivity index (χ1v) is 11.3. The summed E-state index contributed by atoms with van der Waals surface area (Å²) in [6, 6.07) is 16.0. The molecule has 0 bridgehead atoms. The zero-order valence-electron chi connectivity index (χ0n) is 18.6. The highest BCUT2D eigenvalue weighted by Crippen LogP contribution is 2.36. The van der Waals surface area contributed by atoms with Crippen LogP contribution in [0.1, 0.15) is 25.5 Å². The van der Waals surface area contributed by atoms with E-state index >= 15 is 0 Å². The summed E-state index contributed by atoms with van der Waals surface area (Å²) in [5.41, 5.74) is 1.04. The van der Waals surface area contributed by atoms with E-state index in [0.717, 1.165) is 63.6 Å². The summed E-state index contributed by atoms with van der Waals surface area (Å²) in [5, 5.41) is 0. The normalized spacial score (nSPS) is 22.5. The highest BCUT2D eigenvalue weighted by atomic mass is 16.5. The molecule has 2 saturated heterocycles. The van der Waals surface area contributed by atoms with Gasteiger partial charge in [-0.1, -0.05) is 24.3 Å². The van der Waals surface area contributed by atoms with Crippen LogP contribution in [0.5, 0.6) is 11.6 Å². The van der Waals surface area contributed by atoms with Crippen molar-refractivity contribution in [1.82, 2.24) is 14.8 Å². The second kappa shape index (κ2) is 10.1. The highest BCUT2D eigenvalue weighted by Gasteiger charge is 2.39. The molecule has 2 aliphatic heterocycles. The number of para-hydroxylation sites is 1. The number of pyridine rings is 1. The summed E-state index contributed by atoms with van der Waals surface area (Å²) in [6.45, 7) is 7.02. The van der Waals surface area contributed by atoms with Gasteiger partial charge in [-0.3, -0.25) is 9.69 Å². The molecule has 6 nitrogen and oxygen atoms in total. The number of hydrogen-bond acceptors (Lipinski definition) is 5. The molecule has 6 heteroatoms. The molecule has 0 spiro atoms. The van der Waals surface area contributed by atoms with E-state index < -0.39 is 0 Å². The van der Waals surface area contributed by atoms with Gasteiger partial charge in [-0.25, -0.2) is 4.98 Å². The number of nitrogens with zero attached hydrogens (tertiary/aromatic N) is 3. The van der Waals surface area contributed by atoms with Gasteiger partial charge in [0, 0.05) is 51.6 Å². The number of benzene rings is 1. The van der Waals surface area contributed by atoms with E-state index in [1.807, 2.05) is 47.4 Å². The Bertz CT molecular complexity index is 852. The Balaban J connectivity index is 1.42. The SMILES string of the molecule is COc1cccc(CN2C[C@@H](COc3ccccc3)[C@H](C3CCN(C(C)=O)CC3)C2)n1. The summed E-state index contributed by atoms with van der Waals surface area (Å²) in [5.74, 6) is 3.46. The first kappa shape index (κ1) is 21.6. The van der Waals surface area contributed by atoms with Gasteiger partial charge in [0.15, 0.2) is 0 Å². The number of piperidine rings is 1. The van der Waals surface area contributed by atoms with Crippen molar-refractivity contribution in [3.8, 4) is 11.6 Å². The second-order valence-corrected chi connectivity index (χ2v) is 8.76. The third kappa shape index (κ3) is 5.56. The Morgan fingerprint density at radius 3 is 2.55 bits per heavy atom. The molecule has 2 aromatic rings. The largest absolute Gasteiger partial charge is 0.493 e. The summed E-state index contributed by atoms with van der Waals surface area (Å²) in [4.78, 5) is 20.8. The summed E-state index contributed by atoms with van der Waals surface area (Å²) < 4.78 is 11.5. The predicted octanol–water partition coefficient (Wildman–Crippen LogP) is 3.48. The third-order valence-corrected chi connectivity index (χ3v) is 6.74. The summed E-state index contributed by atoms with van der Waals surface area (Å²) in [6.07, 6.45) is 2.16. The topological polar surface area (TPSA) is 54.9 Å². The van der Waals surface area contributed by atoms with Gasteiger partial charge < -0.3 is 14.4 Å². The number of rotatable bonds is 7. The zero-order chi connectivity index (χ0) is 21.6. The molecule has 0 N–H and O–H groups in total. The van der Waals surface area contributed by atoms with Gasteiger partial charge in [0.1, 0.15) is 5.75 Å². The fourth-order valence-corrected chi connectivity index (χ4v) is 5.08. The third-order valence-electron chi connectivity index (χ3n) is 6.74. The molecule has 0 saturated carbocycles. The van der Waals surface area contributed by atoms with Crippen molar-refractivity contribution in [2.75, 3.05) is 39.9 Å². The van der Waals surface area contributed by atoms with Gasteiger partial charge >= 0.3 is 0 Å². The molecule has 1 aromatic heterocycles. The monoisotopic (exact) mass is 423 g/mol. The molecule has 166 valence electrons. The number of carbonyl (C=O) groups excluding carboxylic acids is 1. The van der Waals surface area contributed by atoms with Crippen molar-refractivity contribution in [3.05, 3.63) is 54.2 Å². The van der Waals surface area contributed by atoms with Crippen LogP contribution in [0.25, 0.3) is 0 Å². The Morgan fingerprint density at radius 2 is 1.84 bits per heavy atom. The van der Waals surface area contributed by atoms with E-state index in [9.17, 15) is 4.79 Å². The van der Waals surface area contributed by atoms with Crippen molar-refractivity contribution in [3.63, 3.8) is 0 Å². The molecule has 1 amide bonds. The molecular weight excluding hydrogens is 390 g/mol. The van der Waals surface area contributed by atoms with Crippen molar-refractivity contribution < 1.29 is 14.3 Å². The number of likely N-dealkylation sites (tertiary alicyclic amines) is 2. The minimum absolute atomic E-state index is 0.194. The lowest BCUT2D eigenvalue weighted by molar-refractivity contribution is -0.130. The molecular formula is C25H33N3O3. The first-order chi connectivity index (χ1) is 15.1. The van der Waals surface area contributed by atoms with Crippen molar-refractivity contribution in [2.45, 2.75) is 26.3 Å². The van der Waals surface area contributed by atoms with Gasteiger partial charge in [0.2, 0.25) is 11.8 Å². The standard InChI is InChI=1S/C25H33N3O3/c1-19(29)28-13-11-20(12-14-28)24-17-27(16-22-7-6-10-25(26-22)30-2)15-21(24)18-31-23-8-4-3-5-9-23/h3-10,20-21,24H,11-18H2,1-2H3/t21-,24-/m0/s1. The lowest BCUT2D eigenvalue weighted by atomic mass is 9.78. The number of aromatic nitrogens is 1. The first-order valence-electron chi connectivity index (χ1n) is 11.3. The lowest BCUT2D eigenvalue weighted by Crippen LogP contribution is -2.40. The predicted molar refractivity (Wildman–Crippen MR) is 120 cm³/mol. The fourth-order valence-electron chi connectivity index (χ4n) is 5.08. The number of ether oxygens (including phenoxy) is 2. The maximum atomic E-state index is 11.7. The van der Waals surface area contributed by atoms with Crippen LogP contribution in [-0.2, 0) is 11.3 Å². The number of methoxy groups -OCH3 is 1. The van der Waals surface area contributed by atoms with Crippen molar-refractivity contribution in [1.29, 1.82) is 0 Å². The molecule has 0 radical (unpaired) electrons.